The predicted molar refractivity (Wildman–Crippen MR) is 60.8 cm³/mol. The van der Waals surface area contributed by atoms with Crippen LogP contribution >= 0.6 is 0 Å². The van der Waals surface area contributed by atoms with Crippen LogP contribution in [0.25, 0.3) is 0 Å². The van der Waals surface area contributed by atoms with Crippen LogP contribution in [0.4, 0.5) is 0 Å². The van der Waals surface area contributed by atoms with Gasteiger partial charge in [-0.3, -0.25) is 4.79 Å². The van der Waals surface area contributed by atoms with Gasteiger partial charge in [0.05, 0.1) is 0 Å². The van der Waals surface area contributed by atoms with Crippen molar-refractivity contribution in [2.45, 2.75) is 59.0 Å². The van der Waals surface area contributed by atoms with Crippen molar-refractivity contribution in [1.29, 1.82) is 0 Å². The third-order valence-corrected chi connectivity index (χ3v) is 3.24. The number of nitrogens with one attached hydrogen (secondary N) is 1. The Labute approximate surface area is 92.3 Å². The van der Waals surface area contributed by atoms with Crippen molar-refractivity contribution in [1.82, 2.24) is 5.32 Å². The van der Waals surface area contributed by atoms with Gasteiger partial charge in [-0.15, -0.1) is 0 Å². The van der Waals surface area contributed by atoms with E-state index >= 15 is 0 Å². The van der Waals surface area contributed by atoms with E-state index in [9.17, 15) is 4.79 Å². The Kier molecular flexibility index (Phi) is 3.77. The van der Waals surface area contributed by atoms with Crippen LogP contribution in [0, 0.1) is 11.3 Å². The standard InChI is InChI=1S/C12H23NO2/c1-8-5-10(7-12(3,4)6-8)13-9(2)11(14)15/h8-10,13H,5-7H2,1-4H3,(H,14,15)/t8?,9-,10?/m0/s1. The minimum absolute atomic E-state index is 0.341. The molecule has 15 heavy (non-hydrogen) atoms. The number of carboxylic acids is 1. The Morgan fingerprint density at radius 1 is 1.47 bits per heavy atom. The van der Waals surface area contributed by atoms with Gasteiger partial charge in [-0.05, 0) is 37.5 Å². The summed E-state index contributed by atoms with van der Waals surface area (Å²) in [5.74, 6) is -0.0710. The largest absolute Gasteiger partial charge is 0.480 e. The lowest BCUT2D eigenvalue weighted by molar-refractivity contribution is -0.139. The summed E-state index contributed by atoms with van der Waals surface area (Å²) in [5, 5.41) is 12.1. The van der Waals surface area contributed by atoms with E-state index in [0.717, 1.165) is 12.8 Å². The summed E-state index contributed by atoms with van der Waals surface area (Å²) in [7, 11) is 0. The average Bonchev–Trinajstić information content (AvgIpc) is 1.99. The van der Waals surface area contributed by atoms with E-state index in [4.69, 9.17) is 5.11 Å². The van der Waals surface area contributed by atoms with Crippen LogP contribution in [0.2, 0.25) is 0 Å². The smallest absolute Gasteiger partial charge is 0.320 e. The van der Waals surface area contributed by atoms with Crippen molar-refractivity contribution in [3.63, 3.8) is 0 Å². The van der Waals surface area contributed by atoms with Gasteiger partial charge >= 0.3 is 5.97 Å². The van der Waals surface area contributed by atoms with Crippen molar-refractivity contribution < 1.29 is 9.90 Å². The van der Waals surface area contributed by atoms with Crippen LogP contribution in [0.3, 0.4) is 0 Å². The second-order valence-electron chi connectivity index (χ2n) is 5.84. The molecule has 88 valence electrons. The monoisotopic (exact) mass is 213 g/mol. The van der Waals surface area contributed by atoms with E-state index < -0.39 is 12.0 Å². The molecule has 0 aromatic carbocycles. The Bertz CT molecular complexity index is 238. The zero-order valence-electron chi connectivity index (χ0n) is 10.2. The molecule has 1 rings (SSSR count). The maximum Gasteiger partial charge on any atom is 0.320 e. The van der Waals surface area contributed by atoms with Crippen LogP contribution in [0.15, 0.2) is 0 Å². The lowest BCUT2D eigenvalue weighted by Gasteiger charge is -2.40. The lowest BCUT2D eigenvalue weighted by atomic mass is 9.70. The van der Waals surface area contributed by atoms with Crippen LogP contribution in [0.5, 0.6) is 0 Å². The molecule has 0 aliphatic heterocycles. The number of rotatable bonds is 3. The van der Waals surface area contributed by atoms with E-state index in [1.165, 1.54) is 6.42 Å². The molecule has 1 saturated carbocycles. The first-order chi connectivity index (χ1) is 6.80. The number of carbonyl (C=O) groups is 1. The van der Waals surface area contributed by atoms with Gasteiger partial charge in [-0.25, -0.2) is 0 Å². The summed E-state index contributed by atoms with van der Waals surface area (Å²) in [5.41, 5.74) is 0.341. The van der Waals surface area contributed by atoms with E-state index in [0.29, 0.717) is 17.4 Å². The van der Waals surface area contributed by atoms with E-state index in [2.05, 4.69) is 26.1 Å². The molecule has 0 saturated heterocycles. The highest BCUT2D eigenvalue weighted by atomic mass is 16.4. The highest BCUT2D eigenvalue weighted by Crippen LogP contribution is 2.38. The molecule has 1 aliphatic rings. The zero-order valence-corrected chi connectivity index (χ0v) is 10.2. The first-order valence-corrected chi connectivity index (χ1v) is 5.79. The molecule has 0 bridgehead atoms. The molecule has 3 atom stereocenters. The van der Waals surface area contributed by atoms with Crippen molar-refractivity contribution in [3.8, 4) is 0 Å². The molecule has 1 aliphatic carbocycles. The molecule has 0 amide bonds. The molecular formula is C12H23NO2. The van der Waals surface area contributed by atoms with Crippen molar-refractivity contribution >= 4 is 5.97 Å². The number of carboxylic acid groups (broad SMARTS) is 1. The fraction of sp³-hybridized carbons (Fsp3) is 0.917. The predicted octanol–water partition coefficient (Wildman–Crippen LogP) is 2.26. The summed E-state index contributed by atoms with van der Waals surface area (Å²) < 4.78 is 0. The normalized spacial score (nSPS) is 32.3. The van der Waals surface area contributed by atoms with E-state index in [-0.39, 0.29) is 0 Å². The SMILES string of the molecule is CC1CC(N[C@@H](C)C(=O)O)CC(C)(C)C1. The number of hydrogen-bond acceptors (Lipinski definition) is 2. The Hall–Kier alpha value is -0.570. The van der Waals surface area contributed by atoms with Crippen molar-refractivity contribution in [2.75, 3.05) is 0 Å². The molecule has 0 spiro atoms. The van der Waals surface area contributed by atoms with Crippen LogP contribution in [-0.2, 0) is 4.79 Å². The average molecular weight is 213 g/mol. The summed E-state index contributed by atoms with van der Waals surface area (Å²) >= 11 is 0. The highest BCUT2D eigenvalue weighted by Gasteiger charge is 2.32. The molecule has 0 radical (unpaired) electrons. The number of aliphatic carboxylic acids is 1. The topological polar surface area (TPSA) is 49.3 Å². The first kappa shape index (κ1) is 12.5. The maximum atomic E-state index is 10.8. The summed E-state index contributed by atoms with van der Waals surface area (Å²) in [6, 6.07) is -0.0778. The van der Waals surface area contributed by atoms with Crippen LogP contribution < -0.4 is 5.32 Å². The zero-order chi connectivity index (χ0) is 11.6. The van der Waals surface area contributed by atoms with Gasteiger partial charge in [0.2, 0.25) is 0 Å². The van der Waals surface area contributed by atoms with Crippen molar-refractivity contribution in [2.24, 2.45) is 11.3 Å². The Morgan fingerprint density at radius 2 is 2.07 bits per heavy atom. The molecule has 2 unspecified atom stereocenters. The highest BCUT2D eigenvalue weighted by molar-refractivity contribution is 5.72. The third kappa shape index (κ3) is 3.82. The first-order valence-electron chi connectivity index (χ1n) is 5.79. The summed E-state index contributed by atoms with van der Waals surface area (Å²) in [6.45, 7) is 8.50. The van der Waals surface area contributed by atoms with Gasteiger partial charge in [-0.1, -0.05) is 20.8 Å². The van der Waals surface area contributed by atoms with E-state index in [1.54, 1.807) is 6.92 Å². The lowest BCUT2D eigenvalue weighted by Crippen LogP contribution is -2.46. The quantitative estimate of drug-likeness (QED) is 0.756. The van der Waals surface area contributed by atoms with Gasteiger partial charge in [0.25, 0.3) is 0 Å². The second kappa shape index (κ2) is 4.52. The molecule has 0 aromatic heterocycles. The van der Waals surface area contributed by atoms with Gasteiger partial charge in [0, 0.05) is 6.04 Å². The number of hydrogen-bond donors (Lipinski definition) is 2. The minimum Gasteiger partial charge on any atom is -0.480 e. The fourth-order valence-corrected chi connectivity index (χ4v) is 2.90. The molecule has 0 aromatic rings. The van der Waals surface area contributed by atoms with Crippen LogP contribution in [0.1, 0.15) is 47.0 Å². The third-order valence-electron chi connectivity index (χ3n) is 3.24. The summed E-state index contributed by atoms with van der Waals surface area (Å²) in [6.07, 6.45) is 3.42. The van der Waals surface area contributed by atoms with Gasteiger partial charge in [0.15, 0.2) is 0 Å². The molecule has 3 nitrogen and oxygen atoms in total. The Morgan fingerprint density at radius 3 is 2.53 bits per heavy atom. The van der Waals surface area contributed by atoms with Gasteiger partial charge in [0.1, 0.15) is 6.04 Å². The van der Waals surface area contributed by atoms with Crippen LogP contribution in [-0.4, -0.2) is 23.2 Å². The van der Waals surface area contributed by atoms with Gasteiger partial charge in [-0.2, -0.15) is 0 Å². The molecular weight excluding hydrogens is 190 g/mol. The van der Waals surface area contributed by atoms with Crippen molar-refractivity contribution in [3.05, 3.63) is 0 Å². The fourth-order valence-electron chi connectivity index (χ4n) is 2.90. The molecule has 2 N–H and O–H groups in total. The van der Waals surface area contributed by atoms with E-state index in [1.807, 2.05) is 0 Å². The molecule has 1 fully saturated rings. The molecule has 0 heterocycles. The summed E-state index contributed by atoms with van der Waals surface area (Å²) in [4.78, 5) is 10.8. The Balaban J connectivity index is 2.52. The van der Waals surface area contributed by atoms with Gasteiger partial charge < -0.3 is 10.4 Å². The minimum atomic E-state index is -0.758. The maximum absolute atomic E-state index is 10.8. The molecule has 3 heteroatoms. The second-order valence-corrected chi connectivity index (χ2v) is 5.84.